The molecule has 0 saturated carbocycles. The molecule has 4 nitrogen and oxygen atoms in total. The van der Waals surface area contributed by atoms with Crippen LogP contribution in [-0.2, 0) is 11.3 Å². The minimum absolute atomic E-state index is 0.263. The average molecular weight is 284 g/mol. The summed E-state index contributed by atoms with van der Waals surface area (Å²) >= 11 is 0. The van der Waals surface area contributed by atoms with Crippen LogP contribution in [0, 0.1) is 0 Å². The van der Waals surface area contributed by atoms with E-state index in [0.29, 0.717) is 12.4 Å². The predicted octanol–water partition coefficient (Wildman–Crippen LogP) is 1.70. The molecule has 20 heavy (non-hydrogen) atoms. The van der Waals surface area contributed by atoms with Gasteiger partial charge in [0.05, 0.1) is 19.2 Å². The number of hydrogen-bond donors (Lipinski definition) is 2. The zero-order chi connectivity index (χ0) is 14.6. The van der Waals surface area contributed by atoms with Crippen LogP contribution in [-0.4, -0.2) is 31.0 Å². The fourth-order valence-electron chi connectivity index (χ4n) is 2.15. The number of carbonyl (C=O) groups excluding carboxylic acids is 1. The van der Waals surface area contributed by atoms with Crippen LogP contribution in [0.4, 0.5) is 8.78 Å². The summed E-state index contributed by atoms with van der Waals surface area (Å²) < 4.78 is 31.5. The summed E-state index contributed by atoms with van der Waals surface area (Å²) in [5.74, 6) is -2.51. The summed E-state index contributed by atoms with van der Waals surface area (Å²) in [6.07, 6.45) is -0.452. The minimum atomic E-state index is -2.80. The number of nitrogens with one attached hydrogen (secondary N) is 2. The van der Waals surface area contributed by atoms with E-state index in [0.717, 1.165) is 5.56 Å². The van der Waals surface area contributed by atoms with Crippen LogP contribution in [0.3, 0.4) is 0 Å². The molecule has 1 aromatic carbocycles. The average Bonchev–Trinajstić information content (AvgIpc) is 2.78. The van der Waals surface area contributed by atoms with E-state index in [2.05, 4.69) is 10.6 Å². The van der Waals surface area contributed by atoms with Crippen LogP contribution < -0.4 is 15.4 Å². The molecule has 2 N–H and O–H groups in total. The second-order valence-corrected chi connectivity index (χ2v) is 4.75. The number of carbonyl (C=O) groups is 1. The Labute approximate surface area is 116 Å². The van der Waals surface area contributed by atoms with Crippen LogP contribution in [0.15, 0.2) is 24.3 Å². The van der Waals surface area contributed by atoms with Gasteiger partial charge in [0.15, 0.2) is 0 Å². The van der Waals surface area contributed by atoms with Crippen molar-refractivity contribution >= 4 is 5.91 Å². The number of amides is 1. The van der Waals surface area contributed by atoms with Crippen molar-refractivity contribution in [1.29, 1.82) is 0 Å². The molecular weight excluding hydrogens is 266 g/mol. The third-order valence-electron chi connectivity index (χ3n) is 3.15. The van der Waals surface area contributed by atoms with E-state index < -0.39 is 30.8 Å². The van der Waals surface area contributed by atoms with Gasteiger partial charge in [-0.1, -0.05) is 18.2 Å². The van der Waals surface area contributed by atoms with E-state index in [1.807, 2.05) is 31.2 Å². The van der Waals surface area contributed by atoms with Gasteiger partial charge in [-0.25, -0.2) is 8.78 Å². The highest BCUT2D eigenvalue weighted by Crippen LogP contribution is 2.25. The summed E-state index contributed by atoms with van der Waals surface area (Å²) in [6, 6.07) is 6.50. The lowest BCUT2D eigenvalue weighted by Crippen LogP contribution is -2.40. The highest BCUT2D eigenvalue weighted by molar-refractivity contribution is 5.82. The Morgan fingerprint density at radius 3 is 2.90 bits per heavy atom. The van der Waals surface area contributed by atoms with Crippen LogP contribution >= 0.6 is 0 Å². The van der Waals surface area contributed by atoms with E-state index in [4.69, 9.17) is 4.74 Å². The summed E-state index contributed by atoms with van der Waals surface area (Å²) in [5, 5.41) is 5.19. The van der Waals surface area contributed by atoms with Gasteiger partial charge in [-0.05, 0) is 13.0 Å². The first-order valence-corrected chi connectivity index (χ1v) is 6.61. The van der Waals surface area contributed by atoms with Gasteiger partial charge in [0.1, 0.15) is 5.75 Å². The van der Waals surface area contributed by atoms with Gasteiger partial charge in [0.2, 0.25) is 5.91 Å². The number of hydrogen-bond acceptors (Lipinski definition) is 3. The van der Waals surface area contributed by atoms with Crippen molar-refractivity contribution in [2.45, 2.75) is 31.9 Å². The highest BCUT2D eigenvalue weighted by Gasteiger charge is 2.42. The standard InChI is InChI=1S/C14H18F2N2O2/c1-2-20-12-6-4-3-5-10(12)8-17-13(19)11-7-14(15,16)9-18-11/h3-6,11,18H,2,7-9H2,1H3,(H,17,19). The molecule has 0 radical (unpaired) electrons. The maximum atomic E-state index is 13.0. The Morgan fingerprint density at radius 1 is 1.50 bits per heavy atom. The number of para-hydroxylation sites is 1. The molecule has 1 heterocycles. The first-order valence-electron chi connectivity index (χ1n) is 6.61. The van der Waals surface area contributed by atoms with Gasteiger partial charge in [-0.15, -0.1) is 0 Å². The molecule has 6 heteroatoms. The van der Waals surface area contributed by atoms with Gasteiger partial charge in [0.25, 0.3) is 5.92 Å². The number of benzene rings is 1. The third-order valence-corrected chi connectivity index (χ3v) is 3.15. The smallest absolute Gasteiger partial charge is 0.262 e. The van der Waals surface area contributed by atoms with Crippen molar-refractivity contribution in [1.82, 2.24) is 10.6 Å². The minimum Gasteiger partial charge on any atom is -0.494 e. The number of alkyl halides is 2. The molecule has 2 rings (SSSR count). The maximum absolute atomic E-state index is 13.0. The van der Waals surface area contributed by atoms with Crippen LogP contribution in [0.1, 0.15) is 18.9 Å². The monoisotopic (exact) mass is 284 g/mol. The van der Waals surface area contributed by atoms with E-state index >= 15 is 0 Å². The van der Waals surface area contributed by atoms with Gasteiger partial charge >= 0.3 is 0 Å². The fourth-order valence-corrected chi connectivity index (χ4v) is 2.15. The molecule has 0 aromatic heterocycles. The molecular formula is C14H18F2N2O2. The third kappa shape index (κ3) is 3.66. The zero-order valence-corrected chi connectivity index (χ0v) is 11.3. The molecule has 1 aliphatic heterocycles. The Hall–Kier alpha value is -1.69. The van der Waals surface area contributed by atoms with Gasteiger partial charge in [0, 0.05) is 18.5 Å². The van der Waals surface area contributed by atoms with Crippen LogP contribution in [0.2, 0.25) is 0 Å². The van der Waals surface area contributed by atoms with Crippen molar-refractivity contribution in [3.63, 3.8) is 0 Å². The zero-order valence-electron chi connectivity index (χ0n) is 11.3. The SMILES string of the molecule is CCOc1ccccc1CNC(=O)C1CC(F)(F)CN1. The molecule has 0 spiro atoms. The quantitative estimate of drug-likeness (QED) is 0.865. The molecule has 1 aliphatic rings. The van der Waals surface area contributed by atoms with Crippen LogP contribution in [0.5, 0.6) is 5.75 Å². The number of halogens is 2. The fraction of sp³-hybridized carbons (Fsp3) is 0.500. The Balaban J connectivity index is 1.91. The van der Waals surface area contributed by atoms with Gasteiger partial charge in [-0.3, -0.25) is 10.1 Å². The topological polar surface area (TPSA) is 50.4 Å². The number of ether oxygens (including phenoxy) is 1. The van der Waals surface area contributed by atoms with E-state index in [1.165, 1.54) is 0 Å². The molecule has 0 bridgehead atoms. The van der Waals surface area contributed by atoms with Crippen molar-refractivity contribution in [3.8, 4) is 5.75 Å². The molecule has 1 fully saturated rings. The molecule has 1 atom stereocenters. The van der Waals surface area contributed by atoms with Crippen molar-refractivity contribution in [2.24, 2.45) is 0 Å². The maximum Gasteiger partial charge on any atom is 0.262 e. The second-order valence-electron chi connectivity index (χ2n) is 4.75. The normalized spacial score (nSPS) is 20.6. The highest BCUT2D eigenvalue weighted by atomic mass is 19.3. The Morgan fingerprint density at radius 2 is 2.25 bits per heavy atom. The lowest BCUT2D eigenvalue weighted by Gasteiger charge is -2.13. The Bertz CT molecular complexity index is 480. The van der Waals surface area contributed by atoms with E-state index in [-0.39, 0.29) is 6.54 Å². The predicted molar refractivity (Wildman–Crippen MR) is 70.8 cm³/mol. The summed E-state index contributed by atoms with van der Waals surface area (Å²) in [4.78, 5) is 11.8. The summed E-state index contributed by atoms with van der Waals surface area (Å²) in [7, 11) is 0. The van der Waals surface area contributed by atoms with Crippen molar-refractivity contribution in [3.05, 3.63) is 29.8 Å². The molecule has 1 amide bonds. The van der Waals surface area contributed by atoms with Gasteiger partial charge < -0.3 is 10.1 Å². The molecule has 1 saturated heterocycles. The lowest BCUT2D eigenvalue weighted by molar-refractivity contribution is -0.123. The largest absolute Gasteiger partial charge is 0.494 e. The lowest BCUT2D eigenvalue weighted by atomic mass is 10.1. The van der Waals surface area contributed by atoms with Crippen molar-refractivity contribution < 1.29 is 18.3 Å². The molecule has 110 valence electrons. The van der Waals surface area contributed by atoms with Gasteiger partial charge in [-0.2, -0.15) is 0 Å². The van der Waals surface area contributed by atoms with E-state index in [1.54, 1.807) is 0 Å². The number of rotatable bonds is 5. The first-order chi connectivity index (χ1) is 9.52. The molecule has 0 aliphatic carbocycles. The summed E-state index contributed by atoms with van der Waals surface area (Å²) in [5.41, 5.74) is 0.826. The first kappa shape index (κ1) is 14.7. The summed E-state index contributed by atoms with van der Waals surface area (Å²) in [6.45, 7) is 2.22. The van der Waals surface area contributed by atoms with Crippen molar-refractivity contribution in [2.75, 3.05) is 13.2 Å². The Kier molecular flexibility index (Phi) is 4.54. The molecule has 1 unspecified atom stereocenters. The van der Waals surface area contributed by atoms with E-state index in [9.17, 15) is 13.6 Å². The second kappa shape index (κ2) is 6.17. The molecule has 1 aromatic rings. The van der Waals surface area contributed by atoms with Crippen LogP contribution in [0.25, 0.3) is 0 Å².